The summed E-state index contributed by atoms with van der Waals surface area (Å²) in [5.41, 5.74) is 8.84. The van der Waals surface area contributed by atoms with Crippen molar-refractivity contribution in [3.05, 3.63) is 10.4 Å². The van der Waals surface area contributed by atoms with Gasteiger partial charge in [0.15, 0.2) is 12.3 Å². The molecule has 13 heteroatoms. The van der Waals surface area contributed by atoms with E-state index in [2.05, 4.69) is 15.3 Å². The fourth-order valence-electron chi connectivity index (χ4n) is 3.67. The summed E-state index contributed by atoms with van der Waals surface area (Å²) in [5.74, 6) is 0. The van der Waals surface area contributed by atoms with Gasteiger partial charge in [-0.15, -0.1) is 0 Å². The Hall–Kier alpha value is -0.710. The van der Waals surface area contributed by atoms with Gasteiger partial charge in [-0.3, -0.25) is 0 Å². The van der Waals surface area contributed by atoms with Crippen LogP contribution in [0.1, 0.15) is 32.1 Å². The van der Waals surface area contributed by atoms with E-state index >= 15 is 0 Å². The summed E-state index contributed by atoms with van der Waals surface area (Å²) in [7, 11) is 0. The van der Waals surface area contributed by atoms with Crippen LogP contribution in [0.5, 0.6) is 0 Å². The van der Waals surface area contributed by atoms with Crippen molar-refractivity contribution < 1.29 is 28.8 Å². The molecule has 0 bridgehead atoms. The third-order valence-electron chi connectivity index (χ3n) is 4.95. The van der Waals surface area contributed by atoms with Crippen molar-refractivity contribution in [2.24, 2.45) is 5.11 Å². The highest BCUT2D eigenvalue weighted by molar-refractivity contribution is 6.67. The molecule has 10 nitrogen and oxygen atoms in total. The van der Waals surface area contributed by atoms with E-state index in [9.17, 15) is 9.90 Å². The SMILES string of the molecule is [N-]=[N+]=N[C@@H]1O[C@H](CO)[C@H]2O[C@H](C(Cl)(Cl)Cl)O[C@H]2[C@@H]1OC(=O)NC1CCCCC1. The van der Waals surface area contributed by atoms with Crippen LogP contribution < -0.4 is 5.32 Å². The van der Waals surface area contributed by atoms with Crippen molar-refractivity contribution in [3.63, 3.8) is 0 Å². The number of carbonyl (C=O) groups excluding carboxylic acids is 1. The number of aliphatic hydroxyl groups excluding tert-OH is 1. The summed E-state index contributed by atoms with van der Waals surface area (Å²) in [6.45, 7) is -0.463. The van der Waals surface area contributed by atoms with Gasteiger partial charge in [-0.05, 0) is 18.4 Å². The largest absolute Gasteiger partial charge is 0.440 e. The lowest BCUT2D eigenvalue weighted by molar-refractivity contribution is -0.193. The van der Waals surface area contributed by atoms with Gasteiger partial charge >= 0.3 is 6.09 Å². The zero-order valence-electron chi connectivity index (χ0n) is 14.7. The first-order chi connectivity index (χ1) is 13.3. The number of amides is 1. The number of alkyl halides is 3. The quantitative estimate of drug-likeness (QED) is 0.287. The fraction of sp³-hybridized carbons (Fsp3) is 0.933. The summed E-state index contributed by atoms with van der Waals surface area (Å²) in [4.78, 5) is 15.1. The average molecular weight is 460 g/mol. The number of ether oxygens (including phenoxy) is 4. The minimum Gasteiger partial charge on any atom is -0.440 e. The molecule has 28 heavy (non-hydrogen) atoms. The molecule has 3 aliphatic rings. The lowest BCUT2D eigenvalue weighted by Gasteiger charge is -2.39. The molecule has 2 N–H and O–H groups in total. The molecule has 1 aliphatic carbocycles. The van der Waals surface area contributed by atoms with Gasteiger partial charge in [-0.2, -0.15) is 0 Å². The van der Waals surface area contributed by atoms with Crippen LogP contribution in [0.2, 0.25) is 0 Å². The summed E-state index contributed by atoms with van der Waals surface area (Å²) in [6.07, 6.45) is -2.19. The van der Waals surface area contributed by atoms with E-state index in [1.165, 1.54) is 0 Å². The summed E-state index contributed by atoms with van der Waals surface area (Å²) in [6, 6.07) is 0.0133. The monoisotopic (exact) mass is 458 g/mol. The maximum atomic E-state index is 12.4. The molecule has 158 valence electrons. The number of fused-ring (bicyclic) bond motifs is 1. The van der Waals surface area contributed by atoms with Crippen molar-refractivity contribution >= 4 is 40.9 Å². The second-order valence-electron chi connectivity index (χ2n) is 6.88. The molecule has 3 rings (SSSR count). The summed E-state index contributed by atoms with van der Waals surface area (Å²) >= 11 is 17.6. The zero-order valence-corrected chi connectivity index (χ0v) is 17.0. The molecule has 1 amide bonds. The lowest BCUT2D eigenvalue weighted by Crippen LogP contribution is -2.58. The van der Waals surface area contributed by atoms with E-state index in [-0.39, 0.29) is 6.04 Å². The average Bonchev–Trinajstić information content (AvgIpc) is 3.10. The molecule has 1 saturated carbocycles. The van der Waals surface area contributed by atoms with Gasteiger partial charge in [0, 0.05) is 11.0 Å². The van der Waals surface area contributed by atoms with E-state index in [4.69, 9.17) is 59.3 Å². The van der Waals surface area contributed by atoms with Crippen LogP contribution in [0.15, 0.2) is 5.11 Å². The predicted octanol–water partition coefficient (Wildman–Crippen LogP) is 2.92. The number of nitrogens with zero attached hydrogens (tertiary/aromatic N) is 3. The predicted molar refractivity (Wildman–Crippen MR) is 99.0 cm³/mol. The topological polar surface area (TPSA) is 135 Å². The van der Waals surface area contributed by atoms with E-state index in [1.807, 2.05) is 0 Å². The van der Waals surface area contributed by atoms with Crippen molar-refractivity contribution in [1.29, 1.82) is 0 Å². The van der Waals surface area contributed by atoms with Crippen LogP contribution >= 0.6 is 34.8 Å². The Balaban J connectivity index is 1.75. The minimum absolute atomic E-state index is 0.0133. The molecule has 2 heterocycles. The van der Waals surface area contributed by atoms with Crippen molar-refractivity contribution in [3.8, 4) is 0 Å². The highest BCUT2D eigenvalue weighted by atomic mass is 35.6. The number of hydrogen-bond acceptors (Lipinski definition) is 7. The van der Waals surface area contributed by atoms with E-state index < -0.39 is 53.4 Å². The fourth-order valence-corrected chi connectivity index (χ4v) is 3.98. The number of nitrogens with one attached hydrogen (secondary N) is 1. The van der Waals surface area contributed by atoms with Gasteiger partial charge in [0.2, 0.25) is 10.1 Å². The Morgan fingerprint density at radius 3 is 2.50 bits per heavy atom. The van der Waals surface area contributed by atoms with Crippen LogP contribution in [0.3, 0.4) is 0 Å². The Kier molecular flexibility index (Phi) is 7.38. The third kappa shape index (κ3) is 5.06. The number of halogens is 3. The first kappa shape index (κ1) is 22.0. The molecule has 0 spiro atoms. The lowest BCUT2D eigenvalue weighted by atomic mass is 9.96. The number of hydrogen-bond donors (Lipinski definition) is 2. The first-order valence-corrected chi connectivity index (χ1v) is 10.1. The molecule has 0 aromatic carbocycles. The van der Waals surface area contributed by atoms with E-state index in [0.29, 0.717) is 0 Å². The van der Waals surface area contributed by atoms with Crippen LogP contribution in [-0.4, -0.2) is 64.6 Å². The standard InChI is InChI=1S/C15H21Cl3N4O6/c16-15(17,18)13-26-9-8(6-23)25-12(21-22-19)11(10(9)27-13)28-14(24)20-7-4-2-1-3-5-7/h7-13,23H,1-6H2,(H,20,24)/t8-,9-,10-,11+,12-,13+/m1/s1. The number of rotatable bonds is 4. The number of aliphatic hydroxyl groups is 1. The first-order valence-electron chi connectivity index (χ1n) is 8.98. The molecule has 0 aromatic rings. The van der Waals surface area contributed by atoms with Gasteiger partial charge < -0.3 is 29.4 Å². The van der Waals surface area contributed by atoms with Crippen LogP contribution in [-0.2, 0) is 18.9 Å². The molecule has 3 fully saturated rings. The molecule has 2 aliphatic heterocycles. The molecular formula is C15H21Cl3N4O6. The Morgan fingerprint density at radius 1 is 1.21 bits per heavy atom. The van der Waals surface area contributed by atoms with Gasteiger partial charge in [0.1, 0.15) is 18.3 Å². The molecule has 0 aromatic heterocycles. The van der Waals surface area contributed by atoms with Gasteiger partial charge in [-0.25, -0.2) is 4.79 Å². The van der Waals surface area contributed by atoms with Gasteiger partial charge in [-0.1, -0.05) is 59.2 Å². The van der Waals surface area contributed by atoms with Crippen molar-refractivity contribution in [1.82, 2.24) is 5.32 Å². The van der Waals surface area contributed by atoms with E-state index in [1.54, 1.807) is 0 Å². The molecule has 0 unspecified atom stereocenters. The van der Waals surface area contributed by atoms with Crippen LogP contribution in [0, 0.1) is 0 Å². The molecule has 2 saturated heterocycles. The van der Waals surface area contributed by atoms with Gasteiger partial charge in [0.05, 0.1) is 6.61 Å². The number of carbonyl (C=O) groups is 1. The minimum atomic E-state index is -1.92. The highest BCUT2D eigenvalue weighted by Gasteiger charge is 2.57. The van der Waals surface area contributed by atoms with E-state index in [0.717, 1.165) is 32.1 Å². The highest BCUT2D eigenvalue weighted by Crippen LogP contribution is 2.43. The maximum Gasteiger partial charge on any atom is 0.407 e. The maximum absolute atomic E-state index is 12.4. The number of alkyl carbamates (subject to hydrolysis) is 1. The summed E-state index contributed by atoms with van der Waals surface area (Å²) in [5, 5.41) is 15.9. The summed E-state index contributed by atoms with van der Waals surface area (Å²) < 4.78 is 20.3. The molecule has 0 radical (unpaired) electrons. The van der Waals surface area contributed by atoms with Crippen molar-refractivity contribution in [2.75, 3.05) is 6.61 Å². The van der Waals surface area contributed by atoms with Crippen molar-refractivity contribution in [2.45, 2.75) is 78.9 Å². The molecule has 6 atom stereocenters. The van der Waals surface area contributed by atoms with Crippen LogP contribution in [0.4, 0.5) is 4.79 Å². The number of azide groups is 1. The van der Waals surface area contributed by atoms with Gasteiger partial charge in [0.25, 0.3) is 0 Å². The third-order valence-corrected chi connectivity index (χ3v) is 5.49. The van der Waals surface area contributed by atoms with Crippen LogP contribution in [0.25, 0.3) is 10.4 Å². The normalized spacial score (nSPS) is 36.3. The smallest absolute Gasteiger partial charge is 0.407 e. The zero-order chi connectivity index (χ0) is 20.3. The Labute approximate surface area is 176 Å². The Bertz CT molecular complexity index is 611. The second kappa shape index (κ2) is 9.40. The second-order valence-corrected chi connectivity index (χ2v) is 9.25. The molecular weight excluding hydrogens is 439 g/mol. The Morgan fingerprint density at radius 2 is 1.89 bits per heavy atom.